The van der Waals surface area contributed by atoms with E-state index in [4.69, 9.17) is 14.6 Å². The van der Waals surface area contributed by atoms with Crippen LogP contribution in [0.2, 0.25) is 0 Å². The fourth-order valence-corrected chi connectivity index (χ4v) is 3.92. The molecule has 34 heavy (non-hydrogen) atoms. The van der Waals surface area contributed by atoms with Crippen molar-refractivity contribution in [3.63, 3.8) is 0 Å². The number of benzene rings is 1. The van der Waals surface area contributed by atoms with Crippen LogP contribution in [-0.2, 0) is 4.79 Å². The lowest BCUT2D eigenvalue weighted by molar-refractivity contribution is -0.123. The number of aliphatic hydroxyl groups is 1. The van der Waals surface area contributed by atoms with Crippen molar-refractivity contribution in [2.45, 2.75) is 50.7 Å². The van der Waals surface area contributed by atoms with Crippen LogP contribution in [0, 0.1) is 5.92 Å². The number of nitrogens with zero attached hydrogens (tertiary/aromatic N) is 2. The maximum Gasteiger partial charge on any atom is 0.255 e. The predicted octanol–water partition coefficient (Wildman–Crippen LogP) is 3.37. The molecule has 1 aliphatic heterocycles. The second kappa shape index (κ2) is 10.1. The highest BCUT2D eigenvalue weighted by Gasteiger charge is 2.57. The van der Waals surface area contributed by atoms with Gasteiger partial charge < -0.3 is 24.8 Å². The number of anilines is 1. The Morgan fingerprint density at radius 2 is 1.94 bits per heavy atom. The molecule has 184 valence electrons. The van der Waals surface area contributed by atoms with Gasteiger partial charge in [-0.1, -0.05) is 12.1 Å². The first-order valence-electron chi connectivity index (χ1n) is 11.6. The summed E-state index contributed by atoms with van der Waals surface area (Å²) in [6.45, 7) is 4.97. The predicted molar refractivity (Wildman–Crippen MR) is 124 cm³/mol. The highest BCUT2D eigenvalue weighted by Crippen LogP contribution is 2.48. The molecule has 0 bridgehead atoms. The highest BCUT2D eigenvalue weighted by molar-refractivity contribution is 5.83. The van der Waals surface area contributed by atoms with Crippen molar-refractivity contribution in [1.82, 2.24) is 10.3 Å². The molecule has 4 rings (SSSR count). The summed E-state index contributed by atoms with van der Waals surface area (Å²) in [5.74, 6) is -1.70. The van der Waals surface area contributed by atoms with Gasteiger partial charge in [-0.2, -0.15) is 0 Å². The van der Waals surface area contributed by atoms with Crippen molar-refractivity contribution in [1.29, 1.82) is 0 Å². The molecule has 1 aliphatic carbocycles. The minimum atomic E-state index is -2.58. The van der Waals surface area contributed by atoms with E-state index in [-0.39, 0.29) is 43.6 Å². The third-order valence-corrected chi connectivity index (χ3v) is 6.34. The van der Waals surface area contributed by atoms with Crippen LogP contribution >= 0.6 is 0 Å². The molecule has 2 heterocycles. The Morgan fingerprint density at radius 1 is 1.24 bits per heavy atom. The number of alkyl halides is 2. The zero-order valence-corrected chi connectivity index (χ0v) is 19.4. The average molecular weight is 476 g/mol. The van der Waals surface area contributed by atoms with Gasteiger partial charge in [0.15, 0.2) is 0 Å². The van der Waals surface area contributed by atoms with Gasteiger partial charge in [0.05, 0.1) is 37.8 Å². The first-order valence-corrected chi connectivity index (χ1v) is 11.6. The molecule has 1 aromatic carbocycles. The molecule has 0 spiro atoms. The Kier molecular flexibility index (Phi) is 7.21. The van der Waals surface area contributed by atoms with Crippen LogP contribution in [0.3, 0.4) is 0 Å². The Balaban J connectivity index is 1.25. The van der Waals surface area contributed by atoms with Crippen molar-refractivity contribution in [3.8, 4) is 11.5 Å². The minimum absolute atomic E-state index is 0.00630. The summed E-state index contributed by atoms with van der Waals surface area (Å²) in [4.78, 5) is 18.8. The fourth-order valence-electron chi connectivity index (χ4n) is 3.92. The van der Waals surface area contributed by atoms with E-state index in [1.807, 2.05) is 37.3 Å². The summed E-state index contributed by atoms with van der Waals surface area (Å²) in [5, 5.41) is 11.9. The van der Waals surface area contributed by atoms with Crippen LogP contribution in [0.15, 0.2) is 42.6 Å². The maximum absolute atomic E-state index is 13.0. The van der Waals surface area contributed by atoms with Crippen LogP contribution in [0.1, 0.15) is 38.2 Å². The number of aromatic nitrogens is 1. The number of hydrogen-bond donors (Lipinski definition) is 2. The second-order valence-corrected chi connectivity index (χ2v) is 9.18. The minimum Gasteiger partial charge on any atom is -0.491 e. The number of carbonyl (C=O) groups excluding carboxylic acids is 1. The van der Waals surface area contributed by atoms with E-state index < -0.39 is 11.8 Å². The summed E-state index contributed by atoms with van der Waals surface area (Å²) in [5.41, 5.74) is 0.875. The van der Waals surface area contributed by atoms with E-state index in [0.29, 0.717) is 12.3 Å². The van der Waals surface area contributed by atoms with E-state index in [2.05, 4.69) is 15.2 Å². The Labute approximate surface area is 198 Å². The third-order valence-electron chi connectivity index (χ3n) is 6.34. The zero-order valence-electron chi connectivity index (χ0n) is 19.4. The lowest BCUT2D eigenvalue weighted by Gasteiger charge is -2.19. The van der Waals surface area contributed by atoms with Crippen molar-refractivity contribution < 1.29 is 28.2 Å². The molecule has 9 heteroatoms. The van der Waals surface area contributed by atoms with Crippen LogP contribution in [0.25, 0.3) is 0 Å². The molecule has 1 aromatic heterocycles. The molecule has 4 atom stereocenters. The normalized spacial score (nSPS) is 22.7. The third kappa shape index (κ3) is 5.94. The van der Waals surface area contributed by atoms with Gasteiger partial charge in [0.1, 0.15) is 23.4 Å². The van der Waals surface area contributed by atoms with E-state index in [1.54, 1.807) is 19.2 Å². The average Bonchev–Trinajstić information content (AvgIpc) is 3.20. The largest absolute Gasteiger partial charge is 0.491 e. The van der Waals surface area contributed by atoms with Crippen LogP contribution in [0.4, 0.5) is 14.6 Å². The fraction of sp³-hybridized carbons (Fsp3) is 0.520. The number of nitrogens with one attached hydrogen (secondary N) is 1. The molecule has 2 aliphatic rings. The second-order valence-electron chi connectivity index (χ2n) is 9.18. The van der Waals surface area contributed by atoms with Crippen molar-refractivity contribution >= 4 is 11.7 Å². The van der Waals surface area contributed by atoms with Gasteiger partial charge in [0.25, 0.3) is 5.92 Å². The van der Waals surface area contributed by atoms with Gasteiger partial charge in [-0.3, -0.25) is 4.79 Å². The molecule has 2 fully saturated rings. The first-order chi connectivity index (χ1) is 16.2. The van der Waals surface area contributed by atoms with Gasteiger partial charge in [0, 0.05) is 25.4 Å². The summed E-state index contributed by atoms with van der Waals surface area (Å²) in [7, 11) is 0. The van der Waals surface area contributed by atoms with Gasteiger partial charge >= 0.3 is 0 Å². The monoisotopic (exact) mass is 475 g/mol. The molecule has 3 unspecified atom stereocenters. The van der Waals surface area contributed by atoms with Crippen molar-refractivity contribution in [2.24, 2.45) is 5.92 Å². The number of carbonyl (C=O) groups is 1. The highest BCUT2D eigenvalue weighted by atomic mass is 19.3. The molecule has 1 amide bonds. The summed E-state index contributed by atoms with van der Waals surface area (Å²) in [6.07, 6.45) is 2.32. The van der Waals surface area contributed by atoms with Crippen molar-refractivity contribution in [2.75, 3.05) is 31.2 Å². The molecular formula is C25H31F2N3O4. The molecule has 7 nitrogen and oxygen atoms in total. The van der Waals surface area contributed by atoms with E-state index in [9.17, 15) is 13.6 Å². The lowest BCUT2D eigenvalue weighted by atomic mass is 10.00. The number of rotatable bonds is 10. The van der Waals surface area contributed by atoms with E-state index >= 15 is 0 Å². The quantitative estimate of drug-likeness (QED) is 0.548. The molecule has 1 saturated heterocycles. The van der Waals surface area contributed by atoms with Crippen LogP contribution in [0.5, 0.6) is 11.5 Å². The van der Waals surface area contributed by atoms with Crippen molar-refractivity contribution in [3.05, 3.63) is 48.2 Å². The van der Waals surface area contributed by atoms with E-state index in [1.165, 1.54) is 0 Å². The maximum atomic E-state index is 13.0. The molecule has 2 N–H and O–H groups in total. The Hall–Kier alpha value is -2.94. The summed E-state index contributed by atoms with van der Waals surface area (Å²) >= 11 is 0. The van der Waals surface area contributed by atoms with E-state index in [0.717, 1.165) is 30.1 Å². The number of pyridine rings is 1. The Bertz CT molecular complexity index is 971. The van der Waals surface area contributed by atoms with Gasteiger partial charge in [-0.15, -0.1) is 0 Å². The first kappa shape index (κ1) is 24.2. The molecule has 1 saturated carbocycles. The molecule has 0 radical (unpaired) electrons. The smallest absolute Gasteiger partial charge is 0.255 e. The topological polar surface area (TPSA) is 83.9 Å². The number of hydrogen-bond acceptors (Lipinski definition) is 6. The number of amides is 1. The van der Waals surface area contributed by atoms with Gasteiger partial charge in [-0.05, 0) is 43.7 Å². The van der Waals surface area contributed by atoms with Crippen LogP contribution in [-0.4, -0.2) is 60.4 Å². The van der Waals surface area contributed by atoms with Crippen LogP contribution < -0.4 is 19.7 Å². The zero-order chi connectivity index (χ0) is 24.3. The number of halogens is 2. The molecular weight excluding hydrogens is 444 g/mol. The lowest BCUT2D eigenvalue weighted by Crippen LogP contribution is -2.37. The summed E-state index contributed by atoms with van der Waals surface area (Å²) in [6, 6.07) is 10.8. The van der Waals surface area contributed by atoms with Gasteiger partial charge in [-0.25, -0.2) is 13.8 Å². The molecule has 2 aromatic rings. The number of aliphatic hydroxyl groups excluding tert-OH is 1. The Morgan fingerprint density at radius 3 is 2.56 bits per heavy atom. The van der Waals surface area contributed by atoms with Gasteiger partial charge in [0.2, 0.25) is 5.91 Å². The SMILES string of the molecule is CC(C(=O)N[C@H](C)CO)c1ccc(OC2CCN(c3ccc(OCC4CC4(F)F)cn3)C2)cc1. The standard InChI is InChI=1S/C25H31F2N3O4/c1-16(14-31)29-24(32)17(2)18-3-5-20(6-4-18)34-22-9-10-30(13-22)23-8-7-21(12-28-23)33-15-19-11-25(19,26)27/h3-8,12,16-17,19,22,31H,9-11,13-15H2,1-2H3,(H,29,32)/t16-,17?,19?,22?/m1/s1. The summed E-state index contributed by atoms with van der Waals surface area (Å²) < 4.78 is 37.5. The number of ether oxygens (including phenoxy) is 2.